The van der Waals surface area contributed by atoms with Crippen LogP contribution in [-0.2, 0) is 28.6 Å². The molecule has 2 atom stereocenters. The number of hydrogen-bond acceptors (Lipinski definition) is 7. The van der Waals surface area contributed by atoms with Gasteiger partial charge < -0.3 is 28.6 Å². The van der Waals surface area contributed by atoms with Gasteiger partial charge >= 0.3 is 11.9 Å². The Hall–Kier alpha value is -2.45. The van der Waals surface area contributed by atoms with E-state index in [0.717, 1.165) is 64.2 Å². The van der Waals surface area contributed by atoms with Gasteiger partial charge in [-0.1, -0.05) is 140 Å². The predicted octanol–water partition coefficient (Wildman–Crippen LogP) is 8.57. The molecule has 0 rings (SSSR count). The quantitative estimate of drug-likeness (QED) is 0.0288. The van der Waals surface area contributed by atoms with Crippen LogP contribution in [0.5, 0.6) is 0 Å². The highest BCUT2D eigenvalue weighted by Crippen LogP contribution is 2.14. The average Bonchev–Trinajstić information content (AvgIpc) is 3.05. The molecule has 0 aliphatic heterocycles. The van der Waals surface area contributed by atoms with E-state index in [2.05, 4.69) is 38.2 Å². The van der Waals surface area contributed by atoms with Gasteiger partial charge in [0, 0.05) is 19.3 Å². The summed E-state index contributed by atoms with van der Waals surface area (Å²) in [6.45, 7) is 4.49. The van der Waals surface area contributed by atoms with Gasteiger partial charge in [0.15, 0.2) is 6.10 Å². The number of carbonyl (C=O) groups excluding carboxylic acids is 3. The number of quaternary nitrogens is 1. The first-order valence-corrected chi connectivity index (χ1v) is 19.5. The SMILES string of the molecule is CC/C=C/C=C/C=C/CCCCCCCC(=O)OCC(COCCC(C(=O)[O-])[N+](C)(C)C)OC(=O)CCCCCCCCCCCCCC. The van der Waals surface area contributed by atoms with Crippen LogP contribution in [0.15, 0.2) is 36.5 Å². The lowest BCUT2D eigenvalue weighted by Gasteiger charge is -2.34. The van der Waals surface area contributed by atoms with E-state index in [-0.39, 0.29) is 42.7 Å². The number of carboxylic acid groups (broad SMARTS) is 1. The second-order valence-electron chi connectivity index (χ2n) is 14.2. The molecule has 0 aromatic rings. The van der Waals surface area contributed by atoms with Crippen molar-refractivity contribution in [1.82, 2.24) is 0 Å². The zero-order chi connectivity index (χ0) is 36.4. The van der Waals surface area contributed by atoms with Crippen LogP contribution in [-0.4, -0.2) is 75.5 Å². The van der Waals surface area contributed by atoms with Gasteiger partial charge in [0.1, 0.15) is 12.6 Å². The van der Waals surface area contributed by atoms with Gasteiger partial charge in [-0.3, -0.25) is 9.59 Å². The number of aliphatic carboxylic acids is 1. The molecular formula is C41H73NO7. The van der Waals surface area contributed by atoms with Crippen LogP contribution < -0.4 is 5.11 Å². The Morgan fingerprint density at radius 1 is 0.633 bits per heavy atom. The number of allylic oxidation sites excluding steroid dienone is 6. The fraction of sp³-hybridized carbons (Fsp3) is 0.780. The zero-order valence-corrected chi connectivity index (χ0v) is 32.1. The highest BCUT2D eigenvalue weighted by atomic mass is 16.6. The summed E-state index contributed by atoms with van der Waals surface area (Å²) in [4.78, 5) is 36.6. The first-order chi connectivity index (χ1) is 23.6. The molecule has 284 valence electrons. The minimum absolute atomic E-state index is 0.0358. The average molecular weight is 692 g/mol. The summed E-state index contributed by atoms with van der Waals surface area (Å²) in [6.07, 6.45) is 34.5. The molecule has 0 aliphatic carbocycles. The second kappa shape index (κ2) is 32.7. The van der Waals surface area contributed by atoms with Crippen molar-refractivity contribution < 1.29 is 38.2 Å². The van der Waals surface area contributed by atoms with Gasteiger partial charge in [0.25, 0.3) is 0 Å². The summed E-state index contributed by atoms with van der Waals surface area (Å²) in [5.74, 6) is -1.76. The standard InChI is InChI=1S/C41H73NO7/c1-6-8-10-12-14-16-18-20-22-23-25-27-29-31-39(43)48-36-37(35-47-34-33-38(41(45)46)42(3,4)5)49-40(44)32-30-28-26-24-21-19-17-15-13-11-9-7-2/h8,10,12,14,16,18,37-38H,6-7,9,11,13,15,17,19-36H2,1-5H3/b10-8+,14-12+,18-16+. The van der Waals surface area contributed by atoms with E-state index in [1.807, 2.05) is 12.2 Å². The van der Waals surface area contributed by atoms with Crippen molar-refractivity contribution in [2.45, 2.75) is 167 Å². The largest absolute Gasteiger partial charge is 0.544 e. The summed E-state index contributed by atoms with van der Waals surface area (Å²) in [5, 5.41) is 11.6. The molecule has 0 radical (unpaired) electrons. The number of rotatable bonds is 34. The van der Waals surface area contributed by atoms with E-state index in [1.54, 1.807) is 21.1 Å². The fourth-order valence-corrected chi connectivity index (χ4v) is 5.54. The van der Waals surface area contributed by atoms with Gasteiger partial charge in [-0.25, -0.2) is 0 Å². The molecule has 0 fully saturated rings. The minimum atomic E-state index is -1.13. The summed E-state index contributed by atoms with van der Waals surface area (Å²) in [7, 11) is 5.39. The van der Waals surface area contributed by atoms with Gasteiger partial charge in [-0.05, 0) is 32.1 Å². The number of nitrogens with zero attached hydrogens (tertiary/aromatic N) is 1. The zero-order valence-electron chi connectivity index (χ0n) is 32.1. The normalized spacial score (nSPS) is 13.4. The molecule has 49 heavy (non-hydrogen) atoms. The van der Waals surface area contributed by atoms with E-state index < -0.39 is 18.1 Å². The molecule has 2 unspecified atom stereocenters. The van der Waals surface area contributed by atoms with Crippen molar-refractivity contribution in [1.29, 1.82) is 0 Å². The molecule has 0 aliphatic rings. The highest BCUT2D eigenvalue weighted by Gasteiger charge is 2.25. The first kappa shape index (κ1) is 46.5. The van der Waals surface area contributed by atoms with Gasteiger partial charge in [0.05, 0.1) is 40.3 Å². The Bertz CT molecular complexity index is 906. The highest BCUT2D eigenvalue weighted by molar-refractivity contribution is 5.70. The van der Waals surface area contributed by atoms with Crippen LogP contribution in [0.25, 0.3) is 0 Å². The maximum absolute atomic E-state index is 12.6. The number of unbranched alkanes of at least 4 members (excludes halogenated alkanes) is 16. The van der Waals surface area contributed by atoms with E-state index in [9.17, 15) is 19.5 Å². The lowest BCUT2D eigenvalue weighted by molar-refractivity contribution is -0.889. The number of carboxylic acids is 1. The fourth-order valence-electron chi connectivity index (χ4n) is 5.54. The minimum Gasteiger partial charge on any atom is -0.544 e. The third kappa shape index (κ3) is 31.3. The summed E-state index contributed by atoms with van der Waals surface area (Å²) < 4.78 is 17.1. The Morgan fingerprint density at radius 2 is 1.14 bits per heavy atom. The lowest BCUT2D eigenvalue weighted by atomic mass is 10.0. The summed E-state index contributed by atoms with van der Waals surface area (Å²) >= 11 is 0. The Morgan fingerprint density at radius 3 is 1.67 bits per heavy atom. The topological polar surface area (TPSA) is 102 Å². The molecule has 0 heterocycles. The Balaban J connectivity index is 4.44. The summed E-state index contributed by atoms with van der Waals surface area (Å²) in [5.41, 5.74) is 0. The maximum Gasteiger partial charge on any atom is 0.306 e. The van der Waals surface area contributed by atoms with Crippen LogP contribution in [0.2, 0.25) is 0 Å². The van der Waals surface area contributed by atoms with Crippen LogP contribution in [0, 0.1) is 0 Å². The van der Waals surface area contributed by atoms with Crippen LogP contribution in [0.4, 0.5) is 0 Å². The van der Waals surface area contributed by atoms with Crippen molar-refractivity contribution >= 4 is 17.9 Å². The van der Waals surface area contributed by atoms with Gasteiger partial charge in [-0.15, -0.1) is 0 Å². The van der Waals surface area contributed by atoms with E-state index in [0.29, 0.717) is 12.8 Å². The predicted molar refractivity (Wildman–Crippen MR) is 199 cm³/mol. The van der Waals surface area contributed by atoms with Crippen LogP contribution >= 0.6 is 0 Å². The molecule has 0 amide bonds. The van der Waals surface area contributed by atoms with Gasteiger partial charge in [0.2, 0.25) is 0 Å². The molecule has 0 aromatic heterocycles. The summed E-state index contributed by atoms with van der Waals surface area (Å²) in [6, 6.07) is -0.726. The van der Waals surface area contributed by atoms with Gasteiger partial charge in [-0.2, -0.15) is 0 Å². The molecule has 8 heteroatoms. The van der Waals surface area contributed by atoms with Crippen molar-refractivity contribution in [3.63, 3.8) is 0 Å². The van der Waals surface area contributed by atoms with Crippen molar-refractivity contribution in [2.75, 3.05) is 41.0 Å². The number of likely N-dealkylation sites (N-methyl/N-ethyl adjacent to an activating group) is 1. The molecule has 0 spiro atoms. The first-order valence-electron chi connectivity index (χ1n) is 19.5. The van der Waals surface area contributed by atoms with E-state index >= 15 is 0 Å². The van der Waals surface area contributed by atoms with E-state index in [1.165, 1.54) is 57.8 Å². The Kier molecular flexibility index (Phi) is 31.1. The molecule has 8 nitrogen and oxygen atoms in total. The van der Waals surface area contributed by atoms with Crippen LogP contribution in [0.1, 0.15) is 155 Å². The number of esters is 2. The third-order valence-corrected chi connectivity index (χ3v) is 8.60. The molecular weight excluding hydrogens is 618 g/mol. The molecule has 0 bridgehead atoms. The molecule has 0 aromatic carbocycles. The number of hydrogen-bond donors (Lipinski definition) is 0. The maximum atomic E-state index is 12.6. The monoisotopic (exact) mass is 692 g/mol. The Labute approximate surface area is 300 Å². The molecule has 0 saturated carbocycles. The lowest BCUT2D eigenvalue weighted by Crippen LogP contribution is -2.55. The van der Waals surface area contributed by atoms with Crippen molar-refractivity contribution in [2.24, 2.45) is 0 Å². The van der Waals surface area contributed by atoms with Crippen LogP contribution in [0.3, 0.4) is 0 Å². The van der Waals surface area contributed by atoms with Crippen molar-refractivity contribution in [3.05, 3.63) is 36.5 Å². The third-order valence-electron chi connectivity index (χ3n) is 8.60. The van der Waals surface area contributed by atoms with Crippen molar-refractivity contribution in [3.8, 4) is 0 Å². The number of carbonyl (C=O) groups is 3. The van der Waals surface area contributed by atoms with E-state index in [4.69, 9.17) is 14.2 Å². The molecule has 0 N–H and O–H groups in total. The number of ether oxygens (including phenoxy) is 3. The molecule has 0 saturated heterocycles. The smallest absolute Gasteiger partial charge is 0.306 e. The second-order valence-corrected chi connectivity index (χ2v) is 14.2.